The molecule has 0 saturated carbocycles. The molecule has 3 rings (SSSR count). The van der Waals surface area contributed by atoms with E-state index in [4.69, 9.17) is 0 Å². The van der Waals surface area contributed by atoms with Crippen LogP contribution in [0.1, 0.15) is 18.9 Å². The van der Waals surface area contributed by atoms with Gasteiger partial charge in [-0.1, -0.05) is 25.5 Å². The fourth-order valence-electron chi connectivity index (χ4n) is 2.98. The van der Waals surface area contributed by atoms with Gasteiger partial charge in [0.2, 0.25) is 0 Å². The summed E-state index contributed by atoms with van der Waals surface area (Å²) in [5, 5.41) is -0.947. The monoisotopic (exact) mass is 384 g/mol. The van der Waals surface area contributed by atoms with Gasteiger partial charge in [0.15, 0.2) is 17.4 Å². The van der Waals surface area contributed by atoms with E-state index in [1.54, 1.807) is 6.07 Å². The molecule has 0 unspecified atom stereocenters. The molecule has 7 heteroatoms. The van der Waals surface area contributed by atoms with Crippen molar-refractivity contribution in [2.45, 2.75) is 26.4 Å². The van der Waals surface area contributed by atoms with E-state index in [0.29, 0.717) is 12.5 Å². The van der Waals surface area contributed by atoms with Gasteiger partial charge in [-0.25, -0.2) is 17.6 Å². The van der Waals surface area contributed by atoms with Crippen molar-refractivity contribution in [1.82, 2.24) is 0 Å². The number of hydrogen-bond donors (Lipinski definition) is 0. The van der Waals surface area contributed by atoms with Gasteiger partial charge < -0.3 is 4.74 Å². The number of rotatable bonds is 5. The topological polar surface area (TPSA) is 9.23 Å². The minimum absolute atomic E-state index is 0.0596. The molecule has 3 aromatic carbocycles. The Bertz CT molecular complexity index is 1000. The lowest BCUT2D eigenvalue weighted by atomic mass is 9.98. The van der Waals surface area contributed by atoms with Crippen molar-refractivity contribution >= 4 is 10.8 Å². The highest BCUT2D eigenvalue weighted by molar-refractivity contribution is 5.90. The van der Waals surface area contributed by atoms with Crippen molar-refractivity contribution in [3.63, 3.8) is 0 Å². The van der Waals surface area contributed by atoms with E-state index >= 15 is 0 Å². The van der Waals surface area contributed by atoms with Crippen LogP contribution in [-0.4, -0.2) is 6.61 Å². The molecular weight excluding hydrogens is 370 g/mol. The molecule has 1 nitrogen and oxygen atoms in total. The molecule has 0 N–H and O–H groups in total. The Kier molecular flexibility index (Phi) is 5.30. The van der Waals surface area contributed by atoms with Crippen LogP contribution in [0.5, 0.6) is 5.75 Å². The third kappa shape index (κ3) is 3.72. The molecule has 0 spiro atoms. The van der Waals surface area contributed by atoms with Gasteiger partial charge in [0.1, 0.15) is 11.6 Å². The fraction of sp³-hybridized carbons (Fsp3) is 0.200. The molecule has 0 heterocycles. The lowest BCUT2D eigenvalue weighted by molar-refractivity contribution is -0.0544. The molecule has 0 bridgehead atoms. The highest BCUT2D eigenvalue weighted by Crippen LogP contribution is 2.36. The van der Waals surface area contributed by atoms with Crippen LogP contribution in [0.2, 0.25) is 0 Å². The zero-order chi connectivity index (χ0) is 19.7. The van der Waals surface area contributed by atoms with Crippen molar-refractivity contribution in [2.75, 3.05) is 0 Å². The molecule has 0 amide bonds. The predicted molar refractivity (Wildman–Crippen MR) is 89.8 cm³/mol. The molecule has 0 radical (unpaired) electrons. The second-order valence-corrected chi connectivity index (χ2v) is 6.00. The van der Waals surface area contributed by atoms with Gasteiger partial charge in [-0.15, -0.1) is 0 Å². The number of aryl methyl sites for hydroxylation is 1. The third-order valence-corrected chi connectivity index (χ3v) is 4.13. The lowest BCUT2D eigenvalue weighted by Crippen LogP contribution is -2.06. The lowest BCUT2D eigenvalue weighted by Gasteiger charge is -2.12. The van der Waals surface area contributed by atoms with Crippen LogP contribution >= 0.6 is 0 Å². The maximum Gasteiger partial charge on any atom is 0.387 e. The molecule has 0 aromatic heterocycles. The minimum Gasteiger partial charge on any atom is -0.429 e. The summed E-state index contributed by atoms with van der Waals surface area (Å²) in [4.78, 5) is 0. The second-order valence-electron chi connectivity index (χ2n) is 6.00. The van der Waals surface area contributed by atoms with Gasteiger partial charge in [0.25, 0.3) is 0 Å². The highest BCUT2D eigenvalue weighted by atomic mass is 19.3. The van der Waals surface area contributed by atoms with Crippen LogP contribution in [0.3, 0.4) is 0 Å². The van der Waals surface area contributed by atoms with E-state index in [2.05, 4.69) is 4.74 Å². The molecule has 0 aliphatic heterocycles. The molecule has 0 fully saturated rings. The van der Waals surface area contributed by atoms with Crippen molar-refractivity contribution < 1.29 is 31.1 Å². The van der Waals surface area contributed by atoms with Gasteiger partial charge in [0.05, 0.1) is 5.39 Å². The van der Waals surface area contributed by atoms with E-state index in [-0.39, 0.29) is 16.5 Å². The van der Waals surface area contributed by atoms with Gasteiger partial charge in [-0.2, -0.15) is 8.78 Å². The highest BCUT2D eigenvalue weighted by Gasteiger charge is 2.22. The molecule has 142 valence electrons. The van der Waals surface area contributed by atoms with Crippen LogP contribution in [0.15, 0.2) is 36.4 Å². The summed E-state index contributed by atoms with van der Waals surface area (Å²) in [6, 6.07) is 7.20. The van der Waals surface area contributed by atoms with Crippen LogP contribution in [0.25, 0.3) is 21.9 Å². The molecule has 0 aliphatic carbocycles. The predicted octanol–water partition coefficient (Wildman–Crippen LogP) is 6.62. The average Bonchev–Trinajstić information content (AvgIpc) is 2.58. The fourth-order valence-corrected chi connectivity index (χ4v) is 2.98. The zero-order valence-electron chi connectivity index (χ0n) is 14.1. The van der Waals surface area contributed by atoms with Crippen LogP contribution in [0, 0.1) is 23.3 Å². The van der Waals surface area contributed by atoms with E-state index in [0.717, 1.165) is 18.1 Å². The summed E-state index contributed by atoms with van der Waals surface area (Å²) in [7, 11) is 0. The minimum atomic E-state index is -3.47. The first-order valence-corrected chi connectivity index (χ1v) is 8.16. The third-order valence-electron chi connectivity index (χ3n) is 4.13. The Morgan fingerprint density at radius 3 is 2.26 bits per heavy atom. The second kappa shape index (κ2) is 7.50. The summed E-state index contributed by atoms with van der Waals surface area (Å²) in [5.41, 5.74) is 0.900. The van der Waals surface area contributed by atoms with Crippen LogP contribution in [-0.2, 0) is 6.42 Å². The van der Waals surface area contributed by atoms with Crippen LogP contribution in [0.4, 0.5) is 26.3 Å². The Morgan fingerprint density at radius 2 is 1.63 bits per heavy atom. The first-order valence-electron chi connectivity index (χ1n) is 8.16. The number of ether oxygens (including phenoxy) is 1. The van der Waals surface area contributed by atoms with E-state index in [1.165, 1.54) is 18.2 Å². The van der Waals surface area contributed by atoms with E-state index in [1.807, 2.05) is 6.92 Å². The number of halogens is 6. The van der Waals surface area contributed by atoms with Gasteiger partial charge in [-0.05, 0) is 47.2 Å². The van der Waals surface area contributed by atoms with Crippen molar-refractivity contribution in [3.05, 3.63) is 65.2 Å². The Labute approximate surface area is 151 Å². The standard InChI is InChI=1S/C20H14F6O/c1-2-3-10-4-5-13(14(21)6-10)11-7-12-9-16(23)19(27-20(25)26)18(24)17(12)15(22)8-11/h4-9,20H,2-3H2,1H3. The Balaban J connectivity index is 2.15. The summed E-state index contributed by atoms with van der Waals surface area (Å²) in [5.74, 6) is -6.09. The van der Waals surface area contributed by atoms with Gasteiger partial charge in [0, 0.05) is 5.56 Å². The maximum absolute atomic E-state index is 14.4. The maximum atomic E-state index is 14.4. The summed E-state index contributed by atoms with van der Waals surface area (Å²) in [6.45, 7) is -1.52. The molecule has 0 atom stereocenters. The van der Waals surface area contributed by atoms with Crippen molar-refractivity contribution in [3.8, 4) is 16.9 Å². The molecular formula is C20H14F6O. The largest absolute Gasteiger partial charge is 0.429 e. The average molecular weight is 384 g/mol. The molecule has 0 saturated heterocycles. The summed E-state index contributed by atoms with van der Waals surface area (Å²) >= 11 is 0. The molecule has 3 aromatic rings. The first-order chi connectivity index (χ1) is 12.8. The van der Waals surface area contributed by atoms with Gasteiger partial charge in [-0.3, -0.25) is 0 Å². The first kappa shape index (κ1) is 19.1. The SMILES string of the molecule is CCCc1ccc(-c2cc(F)c3c(F)c(OC(F)F)c(F)cc3c2)c(F)c1. The quantitative estimate of drug-likeness (QED) is 0.450. The Morgan fingerprint density at radius 1 is 0.889 bits per heavy atom. The zero-order valence-corrected chi connectivity index (χ0v) is 14.1. The summed E-state index contributed by atoms with van der Waals surface area (Å²) in [6.07, 6.45) is 1.50. The van der Waals surface area contributed by atoms with Crippen molar-refractivity contribution in [2.24, 2.45) is 0 Å². The normalized spacial score (nSPS) is 11.4. The Hall–Kier alpha value is -2.70. The molecule has 27 heavy (non-hydrogen) atoms. The van der Waals surface area contributed by atoms with Crippen LogP contribution < -0.4 is 4.74 Å². The summed E-state index contributed by atoms with van der Waals surface area (Å²) < 4.78 is 85.5. The number of alkyl halides is 2. The van der Waals surface area contributed by atoms with Crippen molar-refractivity contribution in [1.29, 1.82) is 0 Å². The molecule has 0 aliphatic rings. The van der Waals surface area contributed by atoms with E-state index in [9.17, 15) is 26.3 Å². The smallest absolute Gasteiger partial charge is 0.387 e. The van der Waals surface area contributed by atoms with Gasteiger partial charge >= 0.3 is 6.61 Å². The number of benzene rings is 3. The van der Waals surface area contributed by atoms with E-state index < -0.39 is 41.0 Å². The number of fused-ring (bicyclic) bond motifs is 1. The number of hydrogen-bond acceptors (Lipinski definition) is 1.